The van der Waals surface area contributed by atoms with E-state index in [0.29, 0.717) is 5.75 Å². The Morgan fingerprint density at radius 1 is 1.33 bits per heavy atom. The number of carbonyl (C=O) groups excluding carboxylic acids is 1. The average molecular weight is 271 g/mol. The molecule has 0 atom stereocenters. The summed E-state index contributed by atoms with van der Waals surface area (Å²) in [5.41, 5.74) is -0.210. The van der Waals surface area contributed by atoms with Gasteiger partial charge in [0.25, 0.3) is 5.24 Å². The molecule has 18 heavy (non-hydrogen) atoms. The Kier molecular flexibility index (Phi) is 3.87. The van der Waals surface area contributed by atoms with E-state index in [1.807, 2.05) is 12.2 Å². The number of benzene rings is 1. The van der Waals surface area contributed by atoms with Crippen molar-refractivity contribution in [3.8, 4) is 11.5 Å². The maximum absolute atomic E-state index is 13.5. The third-order valence-corrected chi connectivity index (χ3v) is 2.93. The van der Waals surface area contributed by atoms with Crippen LogP contribution >= 0.6 is 11.6 Å². The molecule has 0 aromatic heterocycles. The lowest BCUT2D eigenvalue weighted by Crippen LogP contribution is -2.13. The highest BCUT2D eigenvalue weighted by Crippen LogP contribution is 2.33. The quantitative estimate of drug-likeness (QED) is 0.622. The largest absolute Gasteiger partial charge is 0.493 e. The lowest BCUT2D eigenvalue weighted by atomic mass is 10.2. The molecular weight excluding hydrogens is 259 g/mol. The van der Waals surface area contributed by atoms with Crippen LogP contribution in [-0.2, 0) is 0 Å². The van der Waals surface area contributed by atoms with Crippen LogP contribution in [0.3, 0.4) is 0 Å². The second-order valence-electron chi connectivity index (χ2n) is 3.94. The van der Waals surface area contributed by atoms with Crippen LogP contribution in [0, 0.1) is 5.82 Å². The molecular formula is C13H12ClFO3. The summed E-state index contributed by atoms with van der Waals surface area (Å²) in [5, 5.41) is -0.857. The second-order valence-corrected chi connectivity index (χ2v) is 4.28. The summed E-state index contributed by atoms with van der Waals surface area (Å²) in [6, 6.07) is 2.38. The smallest absolute Gasteiger partial charge is 0.255 e. The van der Waals surface area contributed by atoms with Gasteiger partial charge in [-0.2, -0.15) is 0 Å². The fourth-order valence-electron chi connectivity index (χ4n) is 1.81. The van der Waals surface area contributed by atoms with Crippen LogP contribution in [0.4, 0.5) is 4.39 Å². The molecule has 0 fully saturated rings. The van der Waals surface area contributed by atoms with Gasteiger partial charge in [-0.05, 0) is 17.7 Å². The molecule has 0 aliphatic heterocycles. The zero-order chi connectivity index (χ0) is 13.1. The van der Waals surface area contributed by atoms with Gasteiger partial charge in [-0.3, -0.25) is 4.79 Å². The number of halogens is 2. The van der Waals surface area contributed by atoms with E-state index >= 15 is 0 Å². The lowest BCUT2D eigenvalue weighted by Gasteiger charge is -2.16. The van der Waals surface area contributed by atoms with Crippen molar-refractivity contribution in [2.75, 3.05) is 7.11 Å². The van der Waals surface area contributed by atoms with Gasteiger partial charge in [0.15, 0.2) is 11.5 Å². The molecule has 1 aliphatic rings. The maximum atomic E-state index is 13.5. The average Bonchev–Trinajstić information content (AvgIpc) is 2.83. The summed E-state index contributed by atoms with van der Waals surface area (Å²) in [6.45, 7) is 0. The molecule has 1 aliphatic carbocycles. The Balaban J connectivity index is 2.31. The van der Waals surface area contributed by atoms with Crippen molar-refractivity contribution in [1.29, 1.82) is 0 Å². The van der Waals surface area contributed by atoms with Crippen molar-refractivity contribution in [3.63, 3.8) is 0 Å². The summed E-state index contributed by atoms with van der Waals surface area (Å²) in [7, 11) is 1.41. The number of hydrogen-bond donors (Lipinski definition) is 0. The predicted octanol–water partition coefficient (Wildman–Crippen LogP) is 3.31. The van der Waals surface area contributed by atoms with Crippen LogP contribution in [0.5, 0.6) is 11.5 Å². The molecule has 1 aromatic rings. The Labute approximate surface area is 109 Å². The minimum atomic E-state index is -0.857. The van der Waals surface area contributed by atoms with Crippen molar-refractivity contribution in [1.82, 2.24) is 0 Å². The Hall–Kier alpha value is -1.55. The second kappa shape index (κ2) is 5.40. The molecule has 0 N–H and O–H groups in total. The van der Waals surface area contributed by atoms with Crippen LogP contribution in [0.1, 0.15) is 23.2 Å². The minimum Gasteiger partial charge on any atom is -0.493 e. The van der Waals surface area contributed by atoms with E-state index in [1.54, 1.807) is 0 Å². The third-order valence-electron chi connectivity index (χ3n) is 2.72. The SMILES string of the molecule is COc1cc(F)c(C(=O)Cl)cc1OC1CC=CC1. The highest BCUT2D eigenvalue weighted by molar-refractivity contribution is 6.67. The number of carbonyl (C=O) groups is 1. The van der Waals surface area contributed by atoms with Crippen molar-refractivity contribution < 1.29 is 18.7 Å². The first-order chi connectivity index (χ1) is 8.61. The molecule has 96 valence electrons. The third kappa shape index (κ3) is 2.64. The fraction of sp³-hybridized carbons (Fsp3) is 0.308. The van der Waals surface area contributed by atoms with Crippen molar-refractivity contribution in [3.05, 3.63) is 35.7 Å². The van der Waals surface area contributed by atoms with Crippen molar-refractivity contribution in [2.24, 2.45) is 0 Å². The number of methoxy groups -OCH3 is 1. The fourth-order valence-corrected chi connectivity index (χ4v) is 1.95. The van der Waals surface area contributed by atoms with Crippen LogP contribution in [0.15, 0.2) is 24.3 Å². The monoisotopic (exact) mass is 270 g/mol. The van der Waals surface area contributed by atoms with E-state index in [2.05, 4.69) is 0 Å². The normalized spacial score (nSPS) is 14.8. The topological polar surface area (TPSA) is 35.5 Å². The molecule has 5 heteroatoms. The first kappa shape index (κ1) is 12.9. The number of ether oxygens (including phenoxy) is 2. The maximum Gasteiger partial charge on any atom is 0.255 e. The first-order valence-electron chi connectivity index (χ1n) is 5.51. The summed E-state index contributed by atoms with van der Waals surface area (Å²) in [4.78, 5) is 11.1. The Bertz CT molecular complexity index is 491. The van der Waals surface area contributed by atoms with Crippen LogP contribution in [0.25, 0.3) is 0 Å². The molecule has 0 radical (unpaired) electrons. The van der Waals surface area contributed by atoms with Gasteiger partial charge in [0.05, 0.1) is 12.7 Å². The van der Waals surface area contributed by atoms with E-state index in [-0.39, 0.29) is 17.4 Å². The molecule has 0 saturated heterocycles. The Morgan fingerprint density at radius 3 is 2.56 bits per heavy atom. The van der Waals surface area contributed by atoms with Gasteiger partial charge in [0.2, 0.25) is 0 Å². The summed E-state index contributed by atoms with van der Waals surface area (Å²) < 4.78 is 24.2. The molecule has 0 bridgehead atoms. The summed E-state index contributed by atoms with van der Waals surface area (Å²) in [6.07, 6.45) is 5.57. The van der Waals surface area contributed by atoms with E-state index in [4.69, 9.17) is 21.1 Å². The van der Waals surface area contributed by atoms with Gasteiger partial charge in [-0.1, -0.05) is 12.2 Å². The van der Waals surface area contributed by atoms with E-state index in [0.717, 1.165) is 18.9 Å². The van der Waals surface area contributed by atoms with E-state index in [1.165, 1.54) is 13.2 Å². The molecule has 2 rings (SSSR count). The molecule has 1 aromatic carbocycles. The van der Waals surface area contributed by atoms with Gasteiger partial charge in [0.1, 0.15) is 11.9 Å². The molecule has 0 saturated carbocycles. The van der Waals surface area contributed by atoms with Crippen LogP contribution in [-0.4, -0.2) is 18.5 Å². The highest BCUT2D eigenvalue weighted by atomic mass is 35.5. The standard InChI is InChI=1S/C13H12ClFO3/c1-17-11-7-10(15)9(13(14)16)6-12(11)18-8-4-2-3-5-8/h2-3,6-8H,4-5H2,1H3. The van der Waals surface area contributed by atoms with E-state index in [9.17, 15) is 9.18 Å². The molecule has 3 nitrogen and oxygen atoms in total. The minimum absolute atomic E-state index is 0.0114. The van der Waals surface area contributed by atoms with Crippen molar-refractivity contribution >= 4 is 16.8 Å². The van der Waals surface area contributed by atoms with Gasteiger partial charge < -0.3 is 9.47 Å². The molecule has 0 heterocycles. The lowest BCUT2D eigenvalue weighted by molar-refractivity contribution is 0.107. The van der Waals surface area contributed by atoms with Gasteiger partial charge in [-0.25, -0.2) is 4.39 Å². The zero-order valence-corrected chi connectivity index (χ0v) is 10.5. The summed E-state index contributed by atoms with van der Waals surface area (Å²) >= 11 is 5.30. The molecule has 0 unspecified atom stereocenters. The number of rotatable bonds is 4. The highest BCUT2D eigenvalue weighted by Gasteiger charge is 2.19. The van der Waals surface area contributed by atoms with E-state index < -0.39 is 11.1 Å². The predicted molar refractivity (Wildman–Crippen MR) is 65.9 cm³/mol. The zero-order valence-electron chi connectivity index (χ0n) is 9.78. The first-order valence-corrected chi connectivity index (χ1v) is 5.88. The van der Waals surface area contributed by atoms with Crippen LogP contribution in [0.2, 0.25) is 0 Å². The molecule has 0 spiro atoms. The number of hydrogen-bond acceptors (Lipinski definition) is 3. The van der Waals surface area contributed by atoms with Gasteiger partial charge >= 0.3 is 0 Å². The Morgan fingerprint density at radius 2 is 2.00 bits per heavy atom. The van der Waals surface area contributed by atoms with Crippen LogP contribution < -0.4 is 9.47 Å². The van der Waals surface area contributed by atoms with Gasteiger partial charge in [0, 0.05) is 18.9 Å². The van der Waals surface area contributed by atoms with Crippen molar-refractivity contribution in [2.45, 2.75) is 18.9 Å². The van der Waals surface area contributed by atoms with Gasteiger partial charge in [-0.15, -0.1) is 0 Å². The molecule has 0 amide bonds. The summed E-state index contributed by atoms with van der Waals surface area (Å²) in [5.74, 6) is -0.138.